The maximum absolute atomic E-state index is 12.9. The SMILES string of the molecule is COc1ccc(OC)c(CNC(=O)[C@H]2CCCN(c3ncnc4onc(C)c34)C2)c1. The van der Waals surface area contributed by atoms with E-state index in [1.807, 2.05) is 25.1 Å². The van der Waals surface area contributed by atoms with E-state index in [1.165, 1.54) is 6.33 Å². The molecule has 0 unspecified atom stereocenters. The van der Waals surface area contributed by atoms with Crippen LogP contribution in [0.4, 0.5) is 5.82 Å². The smallest absolute Gasteiger partial charge is 0.263 e. The van der Waals surface area contributed by atoms with Gasteiger partial charge < -0.3 is 24.2 Å². The van der Waals surface area contributed by atoms with Crippen molar-refractivity contribution in [3.8, 4) is 11.5 Å². The molecule has 0 spiro atoms. The number of ether oxygens (including phenoxy) is 2. The van der Waals surface area contributed by atoms with E-state index in [4.69, 9.17) is 14.0 Å². The number of methoxy groups -OCH3 is 2. The molecular weight excluding hydrogens is 386 g/mol. The van der Waals surface area contributed by atoms with Gasteiger partial charge in [-0.25, -0.2) is 4.98 Å². The summed E-state index contributed by atoms with van der Waals surface area (Å²) in [5, 5.41) is 7.84. The van der Waals surface area contributed by atoms with Crippen LogP contribution in [0.3, 0.4) is 0 Å². The molecule has 1 atom stereocenters. The number of nitrogens with one attached hydrogen (secondary N) is 1. The highest BCUT2D eigenvalue weighted by Crippen LogP contribution is 2.30. The third-order valence-electron chi connectivity index (χ3n) is 5.46. The second-order valence-corrected chi connectivity index (χ2v) is 7.33. The minimum absolute atomic E-state index is 0.0110. The minimum atomic E-state index is -0.138. The molecule has 1 aromatic carbocycles. The van der Waals surface area contributed by atoms with Gasteiger partial charge >= 0.3 is 0 Å². The number of hydrogen-bond acceptors (Lipinski definition) is 8. The zero-order valence-corrected chi connectivity index (χ0v) is 17.3. The number of hydrogen-bond donors (Lipinski definition) is 1. The van der Waals surface area contributed by atoms with Gasteiger partial charge in [-0.1, -0.05) is 5.16 Å². The summed E-state index contributed by atoms with van der Waals surface area (Å²) in [5.74, 6) is 2.08. The van der Waals surface area contributed by atoms with Crippen molar-refractivity contribution in [2.24, 2.45) is 5.92 Å². The molecule has 9 heteroatoms. The molecule has 1 amide bonds. The van der Waals surface area contributed by atoms with Crippen molar-refractivity contribution >= 4 is 22.8 Å². The molecule has 0 radical (unpaired) electrons. The maximum Gasteiger partial charge on any atom is 0.263 e. The highest BCUT2D eigenvalue weighted by atomic mass is 16.5. The molecule has 30 heavy (non-hydrogen) atoms. The van der Waals surface area contributed by atoms with Gasteiger partial charge in [-0.3, -0.25) is 4.79 Å². The largest absolute Gasteiger partial charge is 0.497 e. The van der Waals surface area contributed by atoms with Gasteiger partial charge in [-0.05, 0) is 38.0 Å². The van der Waals surface area contributed by atoms with Gasteiger partial charge in [0.2, 0.25) is 5.91 Å². The predicted molar refractivity (Wildman–Crippen MR) is 111 cm³/mol. The van der Waals surface area contributed by atoms with E-state index in [2.05, 4.69) is 25.3 Å². The number of carbonyl (C=O) groups excluding carboxylic acids is 1. The lowest BCUT2D eigenvalue weighted by molar-refractivity contribution is -0.125. The Morgan fingerprint density at radius 3 is 2.97 bits per heavy atom. The number of nitrogens with zero attached hydrogens (tertiary/aromatic N) is 4. The number of fused-ring (bicyclic) bond motifs is 1. The Kier molecular flexibility index (Phi) is 5.69. The van der Waals surface area contributed by atoms with E-state index in [-0.39, 0.29) is 11.8 Å². The Bertz CT molecular complexity index is 1050. The maximum atomic E-state index is 12.9. The summed E-state index contributed by atoms with van der Waals surface area (Å²) < 4.78 is 15.9. The van der Waals surface area contributed by atoms with Crippen LogP contribution in [0, 0.1) is 12.8 Å². The Morgan fingerprint density at radius 2 is 2.17 bits per heavy atom. The zero-order chi connectivity index (χ0) is 21.1. The number of rotatable bonds is 6. The van der Waals surface area contributed by atoms with E-state index in [9.17, 15) is 4.79 Å². The highest BCUT2D eigenvalue weighted by molar-refractivity contribution is 5.88. The van der Waals surface area contributed by atoms with Crippen molar-refractivity contribution in [2.45, 2.75) is 26.3 Å². The Morgan fingerprint density at radius 1 is 1.30 bits per heavy atom. The molecule has 1 fully saturated rings. The number of aryl methyl sites for hydroxylation is 1. The molecule has 0 bridgehead atoms. The van der Waals surface area contributed by atoms with Crippen LogP contribution in [0.25, 0.3) is 11.1 Å². The lowest BCUT2D eigenvalue weighted by atomic mass is 9.96. The van der Waals surface area contributed by atoms with Crippen LogP contribution < -0.4 is 19.7 Å². The van der Waals surface area contributed by atoms with Gasteiger partial charge in [-0.2, -0.15) is 4.98 Å². The topological polar surface area (TPSA) is 103 Å². The van der Waals surface area contributed by atoms with Crippen LogP contribution in [0.1, 0.15) is 24.1 Å². The number of carbonyl (C=O) groups is 1. The second kappa shape index (κ2) is 8.56. The number of aromatic nitrogens is 3. The Balaban J connectivity index is 1.46. The van der Waals surface area contributed by atoms with Crippen molar-refractivity contribution in [3.63, 3.8) is 0 Å². The molecule has 1 aliphatic heterocycles. The van der Waals surface area contributed by atoms with Gasteiger partial charge in [0.05, 0.1) is 25.8 Å². The highest BCUT2D eigenvalue weighted by Gasteiger charge is 2.28. The van der Waals surface area contributed by atoms with Crippen LogP contribution in [0.2, 0.25) is 0 Å². The molecule has 3 aromatic rings. The van der Waals surface area contributed by atoms with Gasteiger partial charge in [-0.15, -0.1) is 0 Å². The summed E-state index contributed by atoms with van der Waals surface area (Å²) in [4.78, 5) is 23.6. The van der Waals surface area contributed by atoms with Gasteiger partial charge in [0, 0.05) is 25.2 Å². The van der Waals surface area contributed by atoms with Crippen LogP contribution in [0.5, 0.6) is 11.5 Å². The standard InChI is InChI=1S/C21H25N5O4/c1-13-18-19(23-12-24-21(18)30-25-13)26-8-4-5-14(11-26)20(27)22-10-15-9-16(28-2)6-7-17(15)29-3/h6-7,9,12,14H,4-5,8,10-11H2,1-3H3,(H,22,27)/t14-/m0/s1. The summed E-state index contributed by atoms with van der Waals surface area (Å²) in [6.45, 7) is 3.65. The van der Waals surface area contributed by atoms with Crippen LogP contribution in [-0.2, 0) is 11.3 Å². The van der Waals surface area contributed by atoms with Crippen molar-refractivity contribution in [2.75, 3.05) is 32.2 Å². The summed E-state index contributed by atoms with van der Waals surface area (Å²) in [7, 11) is 3.23. The van der Waals surface area contributed by atoms with E-state index in [0.717, 1.165) is 47.6 Å². The molecule has 158 valence electrons. The molecule has 0 aliphatic carbocycles. The summed E-state index contributed by atoms with van der Waals surface area (Å²) in [6, 6.07) is 5.54. The molecule has 1 N–H and O–H groups in total. The summed E-state index contributed by atoms with van der Waals surface area (Å²) >= 11 is 0. The lowest BCUT2D eigenvalue weighted by Crippen LogP contribution is -2.43. The molecule has 0 saturated carbocycles. The third kappa shape index (κ3) is 3.87. The van der Waals surface area contributed by atoms with E-state index < -0.39 is 0 Å². The average Bonchev–Trinajstić information content (AvgIpc) is 3.18. The van der Waals surface area contributed by atoms with E-state index in [0.29, 0.717) is 24.6 Å². The fourth-order valence-electron chi connectivity index (χ4n) is 3.87. The Labute approximate surface area is 174 Å². The molecule has 2 aromatic heterocycles. The first-order chi connectivity index (χ1) is 14.6. The summed E-state index contributed by atoms with van der Waals surface area (Å²) in [6.07, 6.45) is 3.20. The average molecular weight is 411 g/mol. The van der Waals surface area contributed by atoms with Gasteiger partial charge in [0.25, 0.3) is 5.71 Å². The number of amides is 1. The fraction of sp³-hybridized carbons (Fsp3) is 0.429. The number of piperidine rings is 1. The summed E-state index contributed by atoms with van der Waals surface area (Å²) in [5.41, 5.74) is 2.09. The monoisotopic (exact) mass is 411 g/mol. The van der Waals surface area contributed by atoms with E-state index >= 15 is 0 Å². The second-order valence-electron chi connectivity index (χ2n) is 7.33. The predicted octanol–water partition coefficient (Wildman–Crippen LogP) is 2.48. The number of anilines is 1. The van der Waals surface area contributed by atoms with Crippen LogP contribution in [0.15, 0.2) is 29.0 Å². The zero-order valence-electron chi connectivity index (χ0n) is 17.3. The van der Waals surface area contributed by atoms with Crippen LogP contribution in [-0.4, -0.2) is 48.3 Å². The van der Waals surface area contributed by atoms with Gasteiger partial charge in [0.1, 0.15) is 29.0 Å². The fourth-order valence-corrected chi connectivity index (χ4v) is 3.87. The van der Waals surface area contributed by atoms with Crippen molar-refractivity contribution < 1.29 is 18.8 Å². The van der Waals surface area contributed by atoms with Crippen molar-refractivity contribution in [1.29, 1.82) is 0 Å². The third-order valence-corrected chi connectivity index (χ3v) is 5.46. The van der Waals surface area contributed by atoms with Crippen molar-refractivity contribution in [1.82, 2.24) is 20.4 Å². The molecule has 4 rings (SSSR count). The molecule has 1 saturated heterocycles. The quantitative estimate of drug-likeness (QED) is 0.660. The molecule has 3 heterocycles. The molecule has 1 aliphatic rings. The van der Waals surface area contributed by atoms with Crippen LogP contribution >= 0.6 is 0 Å². The molecule has 9 nitrogen and oxygen atoms in total. The van der Waals surface area contributed by atoms with Gasteiger partial charge in [0.15, 0.2) is 0 Å². The Hall–Kier alpha value is -3.36. The van der Waals surface area contributed by atoms with E-state index in [1.54, 1.807) is 14.2 Å². The first-order valence-corrected chi connectivity index (χ1v) is 9.91. The minimum Gasteiger partial charge on any atom is -0.497 e. The van der Waals surface area contributed by atoms with Crippen molar-refractivity contribution in [3.05, 3.63) is 35.8 Å². The first-order valence-electron chi connectivity index (χ1n) is 9.91. The molecular formula is C21H25N5O4. The normalized spacial score (nSPS) is 16.5. The lowest BCUT2D eigenvalue weighted by Gasteiger charge is -2.33. The first kappa shape index (κ1) is 19.9. The number of benzene rings is 1.